The van der Waals surface area contributed by atoms with Crippen molar-refractivity contribution >= 4 is 5.97 Å². The Balaban J connectivity index is 1.64. The standard InChI is InChI=1S/C23H30O8/c1-22(2)28-17-15(11-16(24)26-6)18-21(31-23(3,4)29-18)19(20(17)30-22)27-12-13-7-9-14(25-5)10-8-13/h7-11,17-21H,12H2,1-6H3/t17?,18?,19?,20-,21+. The number of rotatable bonds is 5. The van der Waals surface area contributed by atoms with Gasteiger partial charge < -0.3 is 33.2 Å². The summed E-state index contributed by atoms with van der Waals surface area (Å²) in [5.41, 5.74) is 1.63. The molecule has 3 aliphatic rings. The van der Waals surface area contributed by atoms with Crippen molar-refractivity contribution in [3.05, 3.63) is 41.5 Å². The maximum atomic E-state index is 12.1. The van der Waals surface area contributed by atoms with E-state index >= 15 is 0 Å². The van der Waals surface area contributed by atoms with Gasteiger partial charge in [0.05, 0.1) is 20.8 Å². The van der Waals surface area contributed by atoms with Crippen LogP contribution in [0.25, 0.3) is 0 Å². The van der Waals surface area contributed by atoms with Gasteiger partial charge in [0.25, 0.3) is 0 Å². The topological polar surface area (TPSA) is 81.7 Å². The Morgan fingerprint density at radius 3 is 1.97 bits per heavy atom. The second kappa shape index (κ2) is 8.18. The molecule has 170 valence electrons. The molecule has 0 bridgehead atoms. The average Bonchev–Trinajstić information content (AvgIpc) is 3.22. The van der Waals surface area contributed by atoms with E-state index in [1.165, 1.54) is 13.2 Å². The van der Waals surface area contributed by atoms with Crippen LogP contribution in [0.3, 0.4) is 0 Å². The summed E-state index contributed by atoms with van der Waals surface area (Å²) in [7, 11) is 2.97. The number of esters is 1. The molecule has 5 atom stereocenters. The van der Waals surface area contributed by atoms with Crippen molar-refractivity contribution in [1.29, 1.82) is 0 Å². The van der Waals surface area contributed by atoms with E-state index in [9.17, 15) is 4.79 Å². The van der Waals surface area contributed by atoms with Gasteiger partial charge in [0.15, 0.2) is 11.6 Å². The number of carbonyl (C=O) groups is 1. The Bertz CT molecular complexity index is 810. The van der Waals surface area contributed by atoms with Crippen molar-refractivity contribution < 1.29 is 38.0 Å². The molecule has 2 aliphatic heterocycles. The highest BCUT2D eigenvalue weighted by Gasteiger charge is 2.61. The van der Waals surface area contributed by atoms with Crippen LogP contribution in [0.1, 0.15) is 33.3 Å². The molecule has 2 saturated heterocycles. The summed E-state index contributed by atoms with van der Waals surface area (Å²) in [5, 5.41) is 0. The molecule has 8 nitrogen and oxygen atoms in total. The van der Waals surface area contributed by atoms with Gasteiger partial charge in [-0.2, -0.15) is 0 Å². The van der Waals surface area contributed by atoms with Crippen molar-refractivity contribution in [2.24, 2.45) is 0 Å². The summed E-state index contributed by atoms with van der Waals surface area (Å²) < 4.78 is 41.2. The monoisotopic (exact) mass is 434 g/mol. The van der Waals surface area contributed by atoms with Crippen LogP contribution >= 0.6 is 0 Å². The molecule has 0 aromatic heterocycles. The lowest BCUT2D eigenvalue weighted by Gasteiger charge is -2.39. The first kappa shape index (κ1) is 22.2. The number of benzene rings is 1. The SMILES string of the molecule is COC(=O)C=C1C2OC(C)(C)O[C@H]2C(OCc2ccc(OC)cc2)[C@H]2OC(C)(C)OC12. The number of hydrogen-bond donors (Lipinski definition) is 0. The number of fused-ring (bicyclic) bond motifs is 2. The van der Waals surface area contributed by atoms with Crippen LogP contribution in [0.2, 0.25) is 0 Å². The number of methoxy groups -OCH3 is 2. The van der Waals surface area contributed by atoms with Gasteiger partial charge in [-0.15, -0.1) is 0 Å². The van der Waals surface area contributed by atoms with E-state index in [1.54, 1.807) is 7.11 Å². The lowest BCUT2D eigenvalue weighted by atomic mass is 9.82. The predicted octanol–water partition coefficient (Wildman–Crippen LogP) is 2.73. The number of hydrogen-bond acceptors (Lipinski definition) is 8. The summed E-state index contributed by atoms with van der Waals surface area (Å²) in [6, 6.07) is 7.67. The molecule has 3 unspecified atom stereocenters. The molecule has 1 saturated carbocycles. The zero-order valence-electron chi connectivity index (χ0n) is 18.7. The molecule has 2 heterocycles. The highest BCUT2D eigenvalue weighted by Crippen LogP contribution is 2.47. The number of ether oxygens (including phenoxy) is 7. The third kappa shape index (κ3) is 4.49. The van der Waals surface area contributed by atoms with Gasteiger partial charge in [0, 0.05) is 6.08 Å². The van der Waals surface area contributed by atoms with Gasteiger partial charge in [-0.3, -0.25) is 0 Å². The van der Waals surface area contributed by atoms with Gasteiger partial charge in [0.2, 0.25) is 0 Å². The van der Waals surface area contributed by atoms with E-state index in [0.29, 0.717) is 12.2 Å². The largest absolute Gasteiger partial charge is 0.497 e. The quantitative estimate of drug-likeness (QED) is 0.517. The molecule has 1 aromatic rings. The molecule has 1 aliphatic carbocycles. The molecular formula is C23H30O8. The minimum absolute atomic E-state index is 0.352. The Kier molecular flexibility index (Phi) is 5.87. The van der Waals surface area contributed by atoms with Gasteiger partial charge in [-0.05, 0) is 51.0 Å². The van der Waals surface area contributed by atoms with Crippen LogP contribution in [-0.4, -0.2) is 62.3 Å². The van der Waals surface area contributed by atoms with E-state index in [0.717, 1.165) is 11.3 Å². The first-order chi connectivity index (χ1) is 14.6. The fraction of sp³-hybridized carbons (Fsp3) is 0.609. The molecule has 0 spiro atoms. The van der Waals surface area contributed by atoms with Gasteiger partial charge in [0.1, 0.15) is 36.3 Å². The van der Waals surface area contributed by atoms with Crippen molar-refractivity contribution in [3.63, 3.8) is 0 Å². The van der Waals surface area contributed by atoms with Crippen LogP contribution < -0.4 is 4.74 Å². The average molecular weight is 434 g/mol. The van der Waals surface area contributed by atoms with E-state index in [1.807, 2.05) is 52.0 Å². The molecule has 31 heavy (non-hydrogen) atoms. The molecule has 1 aromatic carbocycles. The first-order valence-electron chi connectivity index (χ1n) is 10.4. The van der Waals surface area contributed by atoms with Crippen molar-refractivity contribution in [2.75, 3.05) is 14.2 Å². The summed E-state index contributed by atoms with van der Waals surface area (Å²) >= 11 is 0. The third-order valence-electron chi connectivity index (χ3n) is 5.65. The fourth-order valence-electron chi connectivity index (χ4n) is 4.39. The summed E-state index contributed by atoms with van der Waals surface area (Å²) in [5.74, 6) is -1.39. The second-order valence-electron chi connectivity index (χ2n) is 8.83. The Morgan fingerprint density at radius 1 is 0.935 bits per heavy atom. The van der Waals surface area contributed by atoms with Gasteiger partial charge >= 0.3 is 5.97 Å². The molecule has 4 rings (SSSR count). The minimum Gasteiger partial charge on any atom is -0.497 e. The minimum atomic E-state index is -0.847. The number of carbonyl (C=O) groups excluding carboxylic acids is 1. The van der Waals surface area contributed by atoms with Crippen molar-refractivity contribution in [2.45, 2.75) is 76.4 Å². The van der Waals surface area contributed by atoms with E-state index in [2.05, 4.69) is 0 Å². The van der Waals surface area contributed by atoms with Crippen molar-refractivity contribution in [1.82, 2.24) is 0 Å². The van der Waals surface area contributed by atoms with Crippen LogP contribution in [-0.2, 0) is 39.8 Å². The van der Waals surface area contributed by atoms with E-state index < -0.39 is 48.1 Å². The highest BCUT2D eigenvalue weighted by atomic mass is 16.8. The summed E-state index contributed by atoms with van der Waals surface area (Å²) in [6.45, 7) is 7.70. The summed E-state index contributed by atoms with van der Waals surface area (Å²) in [6.07, 6.45) is -1.02. The van der Waals surface area contributed by atoms with Crippen LogP contribution in [0.5, 0.6) is 5.75 Å². The normalized spacial score (nSPS) is 34.3. The van der Waals surface area contributed by atoms with E-state index in [-0.39, 0.29) is 0 Å². The second-order valence-corrected chi connectivity index (χ2v) is 8.83. The highest BCUT2D eigenvalue weighted by molar-refractivity contribution is 5.83. The van der Waals surface area contributed by atoms with E-state index in [4.69, 9.17) is 33.2 Å². The molecule has 3 fully saturated rings. The molecule has 0 amide bonds. The third-order valence-corrected chi connectivity index (χ3v) is 5.65. The fourth-order valence-corrected chi connectivity index (χ4v) is 4.39. The first-order valence-corrected chi connectivity index (χ1v) is 10.4. The smallest absolute Gasteiger partial charge is 0.330 e. The summed E-state index contributed by atoms with van der Waals surface area (Å²) in [4.78, 5) is 12.1. The lowest BCUT2D eigenvalue weighted by Crippen LogP contribution is -2.56. The maximum absolute atomic E-state index is 12.1. The van der Waals surface area contributed by atoms with Gasteiger partial charge in [-0.25, -0.2) is 4.79 Å². The Labute approximate surface area is 182 Å². The van der Waals surface area contributed by atoms with Crippen LogP contribution in [0.15, 0.2) is 35.9 Å². The Morgan fingerprint density at radius 2 is 1.48 bits per heavy atom. The maximum Gasteiger partial charge on any atom is 0.330 e. The van der Waals surface area contributed by atoms with Gasteiger partial charge in [-0.1, -0.05) is 12.1 Å². The molecule has 0 radical (unpaired) electrons. The molecular weight excluding hydrogens is 404 g/mol. The molecule has 0 N–H and O–H groups in total. The molecule has 8 heteroatoms. The van der Waals surface area contributed by atoms with Crippen LogP contribution in [0.4, 0.5) is 0 Å². The van der Waals surface area contributed by atoms with Crippen LogP contribution in [0, 0.1) is 0 Å². The Hall–Kier alpha value is -1.97. The lowest BCUT2D eigenvalue weighted by molar-refractivity contribution is -0.190. The zero-order chi connectivity index (χ0) is 22.4. The van der Waals surface area contributed by atoms with Crippen molar-refractivity contribution in [3.8, 4) is 5.75 Å². The zero-order valence-corrected chi connectivity index (χ0v) is 18.7. The predicted molar refractivity (Wildman–Crippen MR) is 109 cm³/mol.